The van der Waals surface area contributed by atoms with Gasteiger partial charge in [-0.3, -0.25) is 4.68 Å². The highest BCUT2D eigenvalue weighted by Gasteiger charge is 2.25. The van der Waals surface area contributed by atoms with E-state index in [1.54, 1.807) is 18.7 Å². The van der Waals surface area contributed by atoms with Gasteiger partial charge in [0.1, 0.15) is 0 Å². The summed E-state index contributed by atoms with van der Waals surface area (Å²) in [7, 11) is 1.77. The van der Waals surface area contributed by atoms with Crippen LogP contribution in [0.4, 0.5) is 0 Å². The number of hydrogen-bond acceptors (Lipinski definition) is 4. The highest BCUT2D eigenvalue weighted by atomic mass is 16.5. The van der Waals surface area contributed by atoms with Crippen molar-refractivity contribution in [1.82, 2.24) is 15.1 Å². The van der Waals surface area contributed by atoms with Crippen LogP contribution in [-0.2, 0) is 24.9 Å². The molecule has 76 valence electrons. The number of aromatic nitrogens is 2. The largest absolute Gasteiger partial charge is 0.461 e. The normalized spacial score (nSPS) is 14.1. The second-order valence-corrected chi connectivity index (χ2v) is 3.22. The van der Waals surface area contributed by atoms with E-state index in [0.29, 0.717) is 18.8 Å². The molecule has 0 unspecified atom stereocenters. The molecule has 0 amide bonds. The van der Waals surface area contributed by atoms with E-state index in [1.807, 2.05) is 0 Å². The minimum Gasteiger partial charge on any atom is -0.461 e. The first-order chi connectivity index (χ1) is 6.74. The van der Waals surface area contributed by atoms with Crippen LogP contribution in [0.5, 0.6) is 0 Å². The molecule has 5 heteroatoms. The second kappa shape index (κ2) is 3.42. The van der Waals surface area contributed by atoms with Gasteiger partial charge in [-0.1, -0.05) is 0 Å². The minimum atomic E-state index is -0.285. The van der Waals surface area contributed by atoms with Gasteiger partial charge in [0.15, 0.2) is 5.69 Å². The maximum Gasteiger partial charge on any atom is 0.356 e. The predicted molar refractivity (Wildman–Crippen MR) is 49.7 cm³/mol. The molecule has 0 aromatic carbocycles. The molecule has 0 saturated carbocycles. The lowest BCUT2D eigenvalue weighted by molar-refractivity contribution is 0.0512. The zero-order chi connectivity index (χ0) is 10.1. The van der Waals surface area contributed by atoms with Gasteiger partial charge in [-0.05, 0) is 6.92 Å². The molecule has 1 aliphatic heterocycles. The standard InChI is InChI=1S/C9H13N3O2/c1-3-14-9(13)8-6-4-10-5-7(6)11-12(8)2/h10H,3-5H2,1-2H3. The summed E-state index contributed by atoms with van der Waals surface area (Å²) in [5.74, 6) is -0.285. The molecule has 5 nitrogen and oxygen atoms in total. The number of ether oxygens (including phenoxy) is 1. The molecule has 0 radical (unpaired) electrons. The molecule has 1 N–H and O–H groups in total. The molecule has 0 spiro atoms. The molecule has 2 rings (SSSR count). The number of hydrogen-bond donors (Lipinski definition) is 1. The van der Waals surface area contributed by atoms with Crippen LogP contribution in [0.1, 0.15) is 28.7 Å². The van der Waals surface area contributed by atoms with Crippen LogP contribution in [-0.4, -0.2) is 22.4 Å². The number of carbonyl (C=O) groups is 1. The van der Waals surface area contributed by atoms with Crippen LogP contribution < -0.4 is 5.32 Å². The van der Waals surface area contributed by atoms with E-state index in [0.717, 1.165) is 17.8 Å². The summed E-state index contributed by atoms with van der Waals surface area (Å²) in [4.78, 5) is 11.6. The lowest BCUT2D eigenvalue weighted by Crippen LogP contribution is -2.14. The van der Waals surface area contributed by atoms with Gasteiger partial charge in [0, 0.05) is 25.7 Å². The maximum absolute atomic E-state index is 11.6. The van der Waals surface area contributed by atoms with Crippen LogP contribution in [0.25, 0.3) is 0 Å². The Labute approximate surface area is 82.0 Å². The van der Waals surface area contributed by atoms with Gasteiger partial charge >= 0.3 is 5.97 Å². The number of fused-ring (bicyclic) bond motifs is 1. The third-order valence-electron chi connectivity index (χ3n) is 2.29. The maximum atomic E-state index is 11.6. The van der Waals surface area contributed by atoms with Crippen molar-refractivity contribution in [1.29, 1.82) is 0 Å². The molecule has 14 heavy (non-hydrogen) atoms. The molecular weight excluding hydrogens is 182 g/mol. The van der Waals surface area contributed by atoms with Gasteiger partial charge in [-0.2, -0.15) is 5.10 Å². The Bertz CT molecular complexity index is 370. The fourth-order valence-electron chi connectivity index (χ4n) is 1.71. The molecule has 0 fully saturated rings. The monoisotopic (exact) mass is 195 g/mol. The van der Waals surface area contributed by atoms with Gasteiger partial charge in [-0.15, -0.1) is 0 Å². The van der Waals surface area contributed by atoms with Crippen LogP contribution in [0, 0.1) is 0 Å². The van der Waals surface area contributed by atoms with E-state index >= 15 is 0 Å². The van der Waals surface area contributed by atoms with Crippen molar-refractivity contribution in [3.63, 3.8) is 0 Å². The van der Waals surface area contributed by atoms with Gasteiger partial charge in [0.2, 0.25) is 0 Å². The number of rotatable bonds is 2. The van der Waals surface area contributed by atoms with E-state index in [9.17, 15) is 4.79 Å². The predicted octanol–water partition coefficient (Wildman–Crippen LogP) is 0.200. The summed E-state index contributed by atoms with van der Waals surface area (Å²) in [5.41, 5.74) is 2.51. The van der Waals surface area contributed by atoms with Gasteiger partial charge < -0.3 is 10.1 Å². The van der Waals surface area contributed by atoms with Crippen molar-refractivity contribution < 1.29 is 9.53 Å². The highest BCUT2D eigenvalue weighted by Crippen LogP contribution is 2.19. The molecule has 0 atom stereocenters. The summed E-state index contributed by atoms with van der Waals surface area (Å²) in [6.45, 7) is 3.64. The lowest BCUT2D eigenvalue weighted by atomic mass is 10.2. The molecule has 0 saturated heterocycles. The topological polar surface area (TPSA) is 56.1 Å². The first kappa shape index (κ1) is 9.21. The number of carbonyl (C=O) groups excluding carboxylic acids is 1. The summed E-state index contributed by atoms with van der Waals surface area (Å²) >= 11 is 0. The van der Waals surface area contributed by atoms with Crippen molar-refractivity contribution in [3.05, 3.63) is 17.0 Å². The average molecular weight is 195 g/mol. The van der Waals surface area contributed by atoms with Crippen LogP contribution in [0.2, 0.25) is 0 Å². The van der Waals surface area contributed by atoms with E-state index in [1.165, 1.54) is 0 Å². The Morgan fingerprint density at radius 3 is 3.14 bits per heavy atom. The smallest absolute Gasteiger partial charge is 0.356 e. The number of nitrogens with zero attached hydrogens (tertiary/aromatic N) is 2. The van der Waals surface area contributed by atoms with Crippen LogP contribution in [0.3, 0.4) is 0 Å². The molecule has 1 aromatic heterocycles. The van der Waals surface area contributed by atoms with Gasteiger partial charge in [-0.25, -0.2) is 4.79 Å². The number of nitrogens with one attached hydrogen (secondary N) is 1. The van der Waals surface area contributed by atoms with Crippen molar-refractivity contribution in [2.45, 2.75) is 20.0 Å². The zero-order valence-corrected chi connectivity index (χ0v) is 8.33. The number of esters is 1. The Kier molecular flexibility index (Phi) is 2.25. The van der Waals surface area contributed by atoms with Crippen LogP contribution in [0.15, 0.2) is 0 Å². The van der Waals surface area contributed by atoms with E-state index in [-0.39, 0.29) is 5.97 Å². The van der Waals surface area contributed by atoms with Crippen LogP contribution >= 0.6 is 0 Å². The highest BCUT2D eigenvalue weighted by molar-refractivity contribution is 5.89. The third kappa shape index (κ3) is 1.29. The zero-order valence-electron chi connectivity index (χ0n) is 8.33. The molecular formula is C9H13N3O2. The van der Waals surface area contributed by atoms with Gasteiger partial charge in [0.05, 0.1) is 12.3 Å². The summed E-state index contributed by atoms with van der Waals surface area (Å²) in [6, 6.07) is 0. The first-order valence-electron chi connectivity index (χ1n) is 4.66. The number of aryl methyl sites for hydroxylation is 1. The minimum absolute atomic E-state index is 0.285. The second-order valence-electron chi connectivity index (χ2n) is 3.22. The average Bonchev–Trinajstić information content (AvgIpc) is 2.63. The lowest BCUT2D eigenvalue weighted by Gasteiger charge is -2.03. The molecule has 1 aromatic rings. The third-order valence-corrected chi connectivity index (χ3v) is 2.29. The summed E-state index contributed by atoms with van der Waals surface area (Å²) < 4.78 is 6.57. The van der Waals surface area contributed by atoms with Gasteiger partial charge in [0.25, 0.3) is 0 Å². The molecule has 0 aliphatic carbocycles. The quantitative estimate of drug-likeness (QED) is 0.685. The van der Waals surface area contributed by atoms with Crippen molar-refractivity contribution in [2.24, 2.45) is 7.05 Å². The Hall–Kier alpha value is -1.36. The fourth-order valence-corrected chi connectivity index (χ4v) is 1.71. The summed E-state index contributed by atoms with van der Waals surface area (Å²) in [6.07, 6.45) is 0. The van der Waals surface area contributed by atoms with Crippen molar-refractivity contribution in [3.8, 4) is 0 Å². The molecule has 2 heterocycles. The summed E-state index contributed by atoms with van der Waals surface area (Å²) in [5, 5.41) is 7.40. The van der Waals surface area contributed by atoms with E-state index < -0.39 is 0 Å². The SMILES string of the molecule is CCOC(=O)c1c2c(nn1C)CNC2. The van der Waals surface area contributed by atoms with Crippen molar-refractivity contribution >= 4 is 5.97 Å². The Balaban J connectivity index is 2.37. The first-order valence-corrected chi connectivity index (χ1v) is 4.66. The molecule has 1 aliphatic rings. The van der Waals surface area contributed by atoms with Crippen molar-refractivity contribution in [2.75, 3.05) is 6.61 Å². The van der Waals surface area contributed by atoms with E-state index in [2.05, 4.69) is 10.4 Å². The Morgan fingerprint density at radius 2 is 2.43 bits per heavy atom. The van der Waals surface area contributed by atoms with E-state index in [4.69, 9.17) is 4.74 Å². The Morgan fingerprint density at radius 1 is 1.64 bits per heavy atom. The fraction of sp³-hybridized carbons (Fsp3) is 0.556. The molecule has 0 bridgehead atoms.